The molecule has 0 aromatic carbocycles. The Kier molecular flexibility index (Phi) is 1.80. The fourth-order valence-corrected chi connectivity index (χ4v) is 2.00. The van der Waals surface area contributed by atoms with Crippen LogP contribution in [0.15, 0.2) is 23.3 Å². The van der Waals surface area contributed by atoms with Gasteiger partial charge in [0.05, 0.1) is 0 Å². The highest BCUT2D eigenvalue weighted by molar-refractivity contribution is 5.85. The summed E-state index contributed by atoms with van der Waals surface area (Å²) in [5, 5.41) is 12.6. The first-order valence-electron chi connectivity index (χ1n) is 5.20. The minimum absolute atomic E-state index is 0.281. The van der Waals surface area contributed by atoms with Gasteiger partial charge in [0.25, 0.3) is 0 Å². The molecule has 0 saturated carbocycles. The van der Waals surface area contributed by atoms with E-state index in [1.807, 2.05) is 17.8 Å². The smallest absolute Gasteiger partial charge is 0.181 e. The predicted octanol–water partition coefficient (Wildman–Crippen LogP) is 1.78. The van der Waals surface area contributed by atoms with E-state index in [1.165, 1.54) is 5.57 Å². The van der Waals surface area contributed by atoms with Crippen LogP contribution in [0.5, 0.6) is 0 Å². The van der Waals surface area contributed by atoms with Crippen LogP contribution < -0.4 is 0 Å². The Morgan fingerprint density at radius 2 is 2.27 bits per heavy atom. The Morgan fingerprint density at radius 1 is 1.33 bits per heavy atom. The number of aromatic nitrogens is 3. The predicted molar refractivity (Wildman–Crippen MR) is 58.5 cm³/mol. The molecule has 2 aliphatic rings. The van der Waals surface area contributed by atoms with Crippen LogP contribution >= 0.6 is 0 Å². The van der Waals surface area contributed by atoms with E-state index in [2.05, 4.69) is 33.5 Å². The summed E-state index contributed by atoms with van der Waals surface area (Å²) in [5.41, 5.74) is 1.24. The fraction of sp³-hybridized carbons (Fsp3) is 0.364. The van der Waals surface area contributed by atoms with Crippen LogP contribution in [0.25, 0.3) is 5.57 Å². The van der Waals surface area contributed by atoms with Crippen molar-refractivity contribution in [1.29, 1.82) is 0 Å². The number of fused-ring (bicyclic) bond motifs is 3. The molecule has 1 aromatic heterocycles. The zero-order chi connectivity index (χ0) is 10.3. The van der Waals surface area contributed by atoms with Crippen molar-refractivity contribution in [3.05, 3.63) is 29.9 Å². The van der Waals surface area contributed by atoms with E-state index in [-0.39, 0.29) is 5.92 Å². The van der Waals surface area contributed by atoms with Crippen molar-refractivity contribution in [2.75, 3.05) is 0 Å². The minimum atomic E-state index is 0.281. The molecule has 3 rings (SSSR count). The monoisotopic (exact) mass is 200 g/mol. The van der Waals surface area contributed by atoms with Crippen molar-refractivity contribution in [1.82, 2.24) is 14.9 Å². The van der Waals surface area contributed by atoms with Crippen molar-refractivity contribution >= 4 is 11.8 Å². The van der Waals surface area contributed by atoms with Gasteiger partial charge in [0.2, 0.25) is 0 Å². The van der Waals surface area contributed by atoms with Crippen LogP contribution in [0, 0.1) is 12.8 Å². The maximum absolute atomic E-state index is 4.35. The Hall–Kier alpha value is -1.71. The molecule has 2 heterocycles. The summed E-state index contributed by atoms with van der Waals surface area (Å²) in [6, 6.07) is 0. The third kappa shape index (κ3) is 1.25. The third-order valence-electron chi connectivity index (χ3n) is 2.80. The van der Waals surface area contributed by atoms with Gasteiger partial charge in [0.15, 0.2) is 11.6 Å². The van der Waals surface area contributed by atoms with Gasteiger partial charge in [0.1, 0.15) is 0 Å². The minimum Gasteiger partial charge on any atom is -0.198 e. The average molecular weight is 200 g/mol. The number of aryl methyl sites for hydroxylation is 1. The molecule has 0 amide bonds. The highest BCUT2D eigenvalue weighted by Gasteiger charge is 2.23. The number of allylic oxidation sites excluding steroid dienone is 4. The summed E-state index contributed by atoms with van der Waals surface area (Å²) >= 11 is 0. The van der Waals surface area contributed by atoms with Gasteiger partial charge in [-0.1, -0.05) is 18.2 Å². The number of nitrogens with zero attached hydrogens (tertiary/aromatic N) is 4. The summed E-state index contributed by atoms with van der Waals surface area (Å²) in [5.74, 6) is 2.02. The van der Waals surface area contributed by atoms with E-state index in [1.54, 1.807) is 0 Å². The lowest BCUT2D eigenvalue weighted by Gasteiger charge is -2.16. The van der Waals surface area contributed by atoms with E-state index >= 15 is 0 Å². The Bertz CT molecular complexity index is 479. The maximum Gasteiger partial charge on any atom is 0.181 e. The molecule has 4 heteroatoms. The van der Waals surface area contributed by atoms with Crippen LogP contribution in [-0.2, 0) is 0 Å². The fourth-order valence-electron chi connectivity index (χ4n) is 2.00. The molecule has 1 aliphatic carbocycles. The van der Waals surface area contributed by atoms with E-state index in [4.69, 9.17) is 0 Å². The standard InChI is InChI=1S/C11H12N4/c1-8-13-14-11-10-6-4-2-3-5-9(10)7-12-15(8)11/h3,5-7,9H,2,4H2,1H3. The lowest BCUT2D eigenvalue weighted by molar-refractivity contribution is 0.787. The first-order chi connectivity index (χ1) is 7.36. The first-order valence-corrected chi connectivity index (χ1v) is 5.20. The zero-order valence-electron chi connectivity index (χ0n) is 8.59. The second kappa shape index (κ2) is 3.15. The molecule has 1 aliphatic heterocycles. The molecule has 0 N–H and O–H groups in total. The lowest BCUT2D eigenvalue weighted by Crippen LogP contribution is -2.13. The van der Waals surface area contributed by atoms with Crippen LogP contribution in [0.3, 0.4) is 0 Å². The van der Waals surface area contributed by atoms with Gasteiger partial charge in [-0.25, -0.2) is 0 Å². The molecule has 0 spiro atoms. The Labute approximate surface area is 88.0 Å². The molecule has 4 nitrogen and oxygen atoms in total. The molecular weight excluding hydrogens is 188 g/mol. The quantitative estimate of drug-likeness (QED) is 0.599. The number of rotatable bonds is 0. The summed E-state index contributed by atoms with van der Waals surface area (Å²) in [6.45, 7) is 1.92. The average Bonchev–Trinajstić information content (AvgIpc) is 2.51. The van der Waals surface area contributed by atoms with E-state index < -0.39 is 0 Å². The van der Waals surface area contributed by atoms with Crippen molar-refractivity contribution in [3.8, 4) is 0 Å². The second-order valence-corrected chi connectivity index (χ2v) is 3.84. The van der Waals surface area contributed by atoms with Gasteiger partial charge >= 0.3 is 0 Å². The molecule has 15 heavy (non-hydrogen) atoms. The SMILES string of the molecule is Cc1nnc2n1N=CC1C=CCCC=C21. The van der Waals surface area contributed by atoms with Gasteiger partial charge in [0, 0.05) is 17.7 Å². The number of hydrogen-bond donors (Lipinski definition) is 0. The van der Waals surface area contributed by atoms with Gasteiger partial charge in [-0.2, -0.15) is 9.78 Å². The van der Waals surface area contributed by atoms with Crippen LogP contribution in [0.2, 0.25) is 0 Å². The molecule has 1 atom stereocenters. The summed E-state index contributed by atoms with van der Waals surface area (Å²) < 4.78 is 1.81. The van der Waals surface area contributed by atoms with Crippen LogP contribution in [0.1, 0.15) is 24.5 Å². The van der Waals surface area contributed by atoms with Gasteiger partial charge in [-0.3, -0.25) is 0 Å². The van der Waals surface area contributed by atoms with Crippen LogP contribution in [0.4, 0.5) is 0 Å². The lowest BCUT2D eigenvalue weighted by atomic mass is 9.99. The maximum atomic E-state index is 4.35. The molecule has 0 saturated heterocycles. The van der Waals surface area contributed by atoms with Crippen molar-refractivity contribution < 1.29 is 0 Å². The van der Waals surface area contributed by atoms with Crippen molar-refractivity contribution in [3.63, 3.8) is 0 Å². The van der Waals surface area contributed by atoms with Crippen molar-refractivity contribution in [2.24, 2.45) is 11.0 Å². The molecule has 0 bridgehead atoms. The van der Waals surface area contributed by atoms with Crippen LogP contribution in [-0.4, -0.2) is 21.1 Å². The molecular formula is C11H12N4. The van der Waals surface area contributed by atoms with Gasteiger partial charge < -0.3 is 0 Å². The zero-order valence-corrected chi connectivity index (χ0v) is 8.59. The highest BCUT2D eigenvalue weighted by atomic mass is 15.5. The Balaban J connectivity index is 2.17. The molecule has 1 aromatic rings. The van der Waals surface area contributed by atoms with E-state index in [0.717, 1.165) is 24.5 Å². The first kappa shape index (κ1) is 8.59. The molecule has 0 radical (unpaired) electrons. The van der Waals surface area contributed by atoms with E-state index in [9.17, 15) is 0 Å². The van der Waals surface area contributed by atoms with Gasteiger partial charge in [-0.15, -0.1) is 10.2 Å². The molecule has 1 unspecified atom stereocenters. The van der Waals surface area contributed by atoms with E-state index in [0.29, 0.717) is 0 Å². The largest absolute Gasteiger partial charge is 0.198 e. The summed E-state index contributed by atoms with van der Waals surface area (Å²) in [6.07, 6.45) is 10.8. The third-order valence-corrected chi connectivity index (χ3v) is 2.80. The second-order valence-electron chi connectivity index (χ2n) is 3.84. The number of hydrogen-bond acceptors (Lipinski definition) is 3. The summed E-state index contributed by atoms with van der Waals surface area (Å²) in [7, 11) is 0. The summed E-state index contributed by atoms with van der Waals surface area (Å²) in [4.78, 5) is 0. The highest BCUT2D eigenvalue weighted by Crippen LogP contribution is 2.29. The molecule has 0 fully saturated rings. The van der Waals surface area contributed by atoms with Gasteiger partial charge in [-0.05, 0) is 19.8 Å². The Morgan fingerprint density at radius 3 is 3.20 bits per heavy atom. The topological polar surface area (TPSA) is 43.1 Å². The van der Waals surface area contributed by atoms with Crippen molar-refractivity contribution in [2.45, 2.75) is 19.8 Å². The normalized spacial score (nSPS) is 23.0. The molecule has 76 valence electrons.